The molecule has 0 N–H and O–H groups in total. The van der Waals surface area contributed by atoms with Crippen LogP contribution in [0.2, 0.25) is 0 Å². The minimum absolute atomic E-state index is 0.146. The van der Waals surface area contributed by atoms with Crippen molar-refractivity contribution in [3.63, 3.8) is 0 Å². The van der Waals surface area contributed by atoms with Gasteiger partial charge in [0.15, 0.2) is 6.29 Å². The van der Waals surface area contributed by atoms with E-state index < -0.39 is 0 Å². The maximum absolute atomic E-state index is 5.88. The van der Waals surface area contributed by atoms with Crippen LogP contribution < -0.4 is 0 Å². The second-order valence-corrected chi connectivity index (χ2v) is 6.23. The van der Waals surface area contributed by atoms with Crippen molar-refractivity contribution >= 4 is 0 Å². The second kappa shape index (κ2) is 5.48. The molecule has 0 aromatic heterocycles. The summed E-state index contributed by atoms with van der Waals surface area (Å²) in [7, 11) is 0. The molecule has 3 heteroatoms. The van der Waals surface area contributed by atoms with E-state index in [4.69, 9.17) is 14.2 Å². The van der Waals surface area contributed by atoms with Crippen LogP contribution in [-0.4, -0.2) is 25.8 Å². The lowest BCUT2D eigenvalue weighted by molar-refractivity contribution is -0.196. The van der Waals surface area contributed by atoms with E-state index in [1.165, 1.54) is 32.1 Å². The smallest absolute Gasteiger partial charge is 0.157 e. The van der Waals surface area contributed by atoms with Crippen LogP contribution in [0.25, 0.3) is 0 Å². The molecule has 0 aromatic rings. The fraction of sp³-hybridized carbons (Fsp3) is 1.00. The van der Waals surface area contributed by atoms with Gasteiger partial charge >= 0.3 is 0 Å². The van der Waals surface area contributed by atoms with E-state index in [1.54, 1.807) is 0 Å². The molecule has 0 aromatic carbocycles. The fourth-order valence-corrected chi connectivity index (χ4v) is 4.62. The van der Waals surface area contributed by atoms with Gasteiger partial charge in [-0.3, -0.25) is 0 Å². The van der Waals surface area contributed by atoms with E-state index in [0.29, 0.717) is 19.5 Å². The van der Waals surface area contributed by atoms with E-state index in [-0.39, 0.29) is 6.29 Å². The van der Waals surface area contributed by atoms with Gasteiger partial charge in [0.2, 0.25) is 0 Å². The van der Waals surface area contributed by atoms with Crippen molar-refractivity contribution in [3.05, 3.63) is 0 Å². The summed E-state index contributed by atoms with van der Waals surface area (Å²) < 4.78 is 16.7. The second-order valence-electron chi connectivity index (χ2n) is 6.23. The quantitative estimate of drug-likeness (QED) is 0.681. The maximum Gasteiger partial charge on any atom is 0.157 e. The third kappa shape index (κ3) is 2.45. The molecule has 3 saturated carbocycles. The summed E-state index contributed by atoms with van der Waals surface area (Å²) in [5.41, 5.74) is 0. The molecule has 0 amide bonds. The Kier molecular flexibility index (Phi) is 3.92. The van der Waals surface area contributed by atoms with Gasteiger partial charge in [0.05, 0.1) is 6.10 Å². The monoisotopic (exact) mass is 254 g/mol. The standard InChI is InChI=1S/C15H26O3/c1-3-16-10(2)17-9-18-13-7-14-11-4-5-12(6-11)15(14)8-13/h10-15H,3-9H2,1-2H3. The van der Waals surface area contributed by atoms with Crippen molar-refractivity contribution < 1.29 is 14.2 Å². The van der Waals surface area contributed by atoms with E-state index in [1.807, 2.05) is 13.8 Å². The average molecular weight is 254 g/mol. The minimum atomic E-state index is -0.146. The van der Waals surface area contributed by atoms with E-state index >= 15 is 0 Å². The van der Waals surface area contributed by atoms with Gasteiger partial charge in [0, 0.05) is 6.61 Å². The summed E-state index contributed by atoms with van der Waals surface area (Å²) in [5, 5.41) is 0. The van der Waals surface area contributed by atoms with Crippen molar-refractivity contribution in [2.45, 2.75) is 58.3 Å². The van der Waals surface area contributed by atoms with Gasteiger partial charge in [0.25, 0.3) is 0 Å². The van der Waals surface area contributed by atoms with Crippen LogP contribution in [0.3, 0.4) is 0 Å². The molecule has 0 aliphatic heterocycles. The largest absolute Gasteiger partial charge is 0.353 e. The van der Waals surface area contributed by atoms with Crippen LogP contribution >= 0.6 is 0 Å². The molecular formula is C15H26O3. The summed E-state index contributed by atoms with van der Waals surface area (Å²) in [6, 6.07) is 0. The highest BCUT2D eigenvalue weighted by atomic mass is 16.7. The Morgan fingerprint density at radius 1 is 1.00 bits per heavy atom. The number of rotatable bonds is 6. The van der Waals surface area contributed by atoms with Crippen LogP contribution in [0.4, 0.5) is 0 Å². The van der Waals surface area contributed by atoms with Crippen LogP contribution in [0.15, 0.2) is 0 Å². The zero-order valence-electron chi connectivity index (χ0n) is 11.6. The molecule has 5 atom stereocenters. The van der Waals surface area contributed by atoms with E-state index in [0.717, 1.165) is 23.7 Å². The van der Waals surface area contributed by atoms with Gasteiger partial charge in [-0.05, 0) is 69.6 Å². The zero-order valence-corrected chi connectivity index (χ0v) is 11.6. The van der Waals surface area contributed by atoms with Gasteiger partial charge in [-0.1, -0.05) is 0 Å². The van der Waals surface area contributed by atoms with E-state index in [2.05, 4.69) is 0 Å². The molecule has 3 aliphatic rings. The van der Waals surface area contributed by atoms with Crippen molar-refractivity contribution in [2.24, 2.45) is 23.7 Å². The van der Waals surface area contributed by atoms with Crippen LogP contribution in [0.1, 0.15) is 46.0 Å². The highest BCUT2D eigenvalue weighted by Gasteiger charge is 2.52. The highest BCUT2D eigenvalue weighted by molar-refractivity contribution is 5.01. The number of hydrogen-bond donors (Lipinski definition) is 0. The Morgan fingerprint density at radius 3 is 2.28 bits per heavy atom. The minimum Gasteiger partial charge on any atom is -0.353 e. The molecule has 3 fully saturated rings. The Bertz CT molecular complexity index is 263. The molecule has 0 heterocycles. The van der Waals surface area contributed by atoms with Gasteiger partial charge in [-0.25, -0.2) is 0 Å². The zero-order chi connectivity index (χ0) is 12.5. The molecule has 3 aliphatic carbocycles. The molecule has 3 rings (SSSR count). The van der Waals surface area contributed by atoms with Crippen molar-refractivity contribution in [2.75, 3.05) is 13.4 Å². The normalized spacial score (nSPS) is 43.3. The van der Waals surface area contributed by atoms with E-state index in [9.17, 15) is 0 Å². The summed E-state index contributed by atoms with van der Waals surface area (Å²) in [6.45, 7) is 4.99. The number of ether oxygens (including phenoxy) is 3. The lowest BCUT2D eigenvalue weighted by Crippen LogP contribution is -2.19. The first-order valence-corrected chi connectivity index (χ1v) is 7.62. The first-order chi connectivity index (χ1) is 8.78. The van der Waals surface area contributed by atoms with Gasteiger partial charge in [0.1, 0.15) is 6.79 Å². The summed E-state index contributed by atoms with van der Waals surface area (Å²) in [5.74, 6) is 3.99. The summed E-state index contributed by atoms with van der Waals surface area (Å²) >= 11 is 0. The van der Waals surface area contributed by atoms with Crippen molar-refractivity contribution in [3.8, 4) is 0 Å². The highest BCUT2D eigenvalue weighted by Crippen LogP contribution is 2.59. The Balaban J connectivity index is 1.38. The molecular weight excluding hydrogens is 228 g/mol. The van der Waals surface area contributed by atoms with Gasteiger partial charge < -0.3 is 14.2 Å². The SMILES string of the molecule is CCOC(C)OCOC1CC2C3CCC(C3)C2C1. The predicted octanol–water partition coefficient (Wildman–Crippen LogP) is 3.18. The summed E-state index contributed by atoms with van der Waals surface area (Å²) in [4.78, 5) is 0. The molecule has 104 valence electrons. The lowest BCUT2D eigenvalue weighted by Gasteiger charge is -2.23. The maximum atomic E-state index is 5.88. The molecule has 3 nitrogen and oxygen atoms in total. The van der Waals surface area contributed by atoms with Crippen molar-refractivity contribution in [1.82, 2.24) is 0 Å². The topological polar surface area (TPSA) is 27.7 Å². The number of fused-ring (bicyclic) bond motifs is 5. The number of hydrogen-bond acceptors (Lipinski definition) is 3. The van der Waals surface area contributed by atoms with Crippen LogP contribution in [0, 0.1) is 23.7 Å². The predicted molar refractivity (Wildman–Crippen MR) is 69.0 cm³/mol. The Hall–Kier alpha value is -0.120. The Morgan fingerprint density at radius 2 is 1.67 bits per heavy atom. The Labute approximate surface area is 110 Å². The first-order valence-electron chi connectivity index (χ1n) is 7.62. The molecule has 0 radical (unpaired) electrons. The van der Waals surface area contributed by atoms with Crippen LogP contribution in [-0.2, 0) is 14.2 Å². The van der Waals surface area contributed by atoms with Gasteiger partial charge in [-0.2, -0.15) is 0 Å². The van der Waals surface area contributed by atoms with Gasteiger partial charge in [-0.15, -0.1) is 0 Å². The molecule has 5 unspecified atom stereocenters. The lowest BCUT2D eigenvalue weighted by atomic mass is 9.82. The molecule has 0 spiro atoms. The molecule has 18 heavy (non-hydrogen) atoms. The average Bonchev–Trinajstić information content (AvgIpc) is 3.00. The van der Waals surface area contributed by atoms with Crippen LogP contribution in [0.5, 0.6) is 0 Å². The first kappa shape index (κ1) is 12.9. The third-order valence-corrected chi connectivity index (χ3v) is 5.35. The molecule has 2 bridgehead atoms. The van der Waals surface area contributed by atoms with Crippen molar-refractivity contribution in [1.29, 1.82) is 0 Å². The molecule has 0 saturated heterocycles. The fourth-order valence-electron chi connectivity index (χ4n) is 4.62. The third-order valence-electron chi connectivity index (χ3n) is 5.35. The summed E-state index contributed by atoms with van der Waals surface area (Å²) in [6.07, 6.45) is 7.33.